The molecule has 0 aliphatic rings. The smallest absolute Gasteiger partial charge is 0.116 e. The molecule has 0 saturated carbocycles. The van der Waals surface area contributed by atoms with Gasteiger partial charge in [-0.05, 0) is 24.0 Å². The van der Waals surface area contributed by atoms with Crippen molar-refractivity contribution >= 4 is 11.8 Å². The number of hydrogen-bond acceptors (Lipinski definition) is 5. The lowest BCUT2D eigenvalue weighted by atomic mass is 10.2. The van der Waals surface area contributed by atoms with Gasteiger partial charge in [-0.1, -0.05) is 6.92 Å². The number of pyridine rings is 1. The highest BCUT2D eigenvalue weighted by Crippen LogP contribution is 2.27. The molecule has 2 heterocycles. The Kier molecular flexibility index (Phi) is 4.06. The van der Waals surface area contributed by atoms with Gasteiger partial charge >= 0.3 is 0 Å². The van der Waals surface area contributed by atoms with Gasteiger partial charge in [-0.3, -0.25) is 4.98 Å². The first-order chi connectivity index (χ1) is 8.35. The fourth-order valence-electron chi connectivity index (χ4n) is 1.47. The van der Waals surface area contributed by atoms with Gasteiger partial charge in [-0.25, -0.2) is 9.97 Å². The van der Waals surface area contributed by atoms with Crippen molar-refractivity contribution in [2.24, 2.45) is 0 Å². The molecule has 0 saturated heterocycles. The monoisotopic (exact) mass is 247 g/mol. The van der Waals surface area contributed by atoms with Crippen LogP contribution in [0.15, 0.2) is 35.6 Å². The summed E-state index contributed by atoms with van der Waals surface area (Å²) in [5, 5.41) is 9.07. The summed E-state index contributed by atoms with van der Waals surface area (Å²) in [4.78, 5) is 13.6. The zero-order valence-corrected chi connectivity index (χ0v) is 10.3. The number of nitrogens with zero attached hydrogens (tertiary/aromatic N) is 3. The van der Waals surface area contributed by atoms with Gasteiger partial charge in [0, 0.05) is 11.1 Å². The van der Waals surface area contributed by atoms with Crippen LogP contribution in [0, 0.1) is 0 Å². The Hall–Kier alpha value is -1.46. The average molecular weight is 247 g/mol. The summed E-state index contributed by atoms with van der Waals surface area (Å²) in [6.45, 7) is 2.01. The molecule has 0 atom stereocenters. The normalized spacial score (nSPS) is 10.5. The summed E-state index contributed by atoms with van der Waals surface area (Å²) in [6.07, 6.45) is 3.20. The van der Waals surface area contributed by atoms with E-state index >= 15 is 0 Å². The van der Waals surface area contributed by atoms with Crippen LogP contribution >= 0.6 is 11.8 Å². The summed E-state index contributed by atoms with van der Waals surface area (Å²) < 4.78 is 0. The number of aliphatic hydroxyl groups is 1. The summed E-state index contributed by atoms with van der Waals surface area (Å²) in [6, 6.07) is 5.70. The Morgan fingerprint density at radius 3 is 2.94 bits per heavy atom. The lowest BCUT2D eigenvalue weighted by Crippen LogP contribution is -1.95. The van der Waals surface area contributed by atoms with E-state index in [4.69, 9.17) is 5.11 Å². The van der Waals surface area contributed by atoms with E-state index in [-0.39, 0.29) is 6.61 Å². The van der Waals surface area contributed by atoms with Crippen LogP contribution in [-0.4, -0.2) is 25.8 Å². The molecule has 0 unspecified atom stereocenters. The molecule has 0 amide bonds. The average Bonchev–Trinajstić information content (AvgIpc) is 2.40. The van der Waals surface area contributed by atoms with Gasteiger partial charge in [0.25, 0.3) is 0 Å². The van der Waals surface area contributed by atoms with Gasteiger partial charge in [0.05, 0.1) is 18.0 Å². The second-order valence-corrected chi connectivity index (χ2v) is 4.64. The topological polar surface area (TPSA) is 58.9 Å². The summed E-state index contributed by atoms with van der Waals surface area (Å²) in [5.41, 5.74) is 2.20. The maximum absolute atomic E-state index is 9.07. The van der Waals surface area contributed by atoms with Gasteiger partial charge in [0.2, 0.25) is 0 Å². The van der Waals surface area contributed by atoms with E-state index in [0.29, 0.717) is 5.69 Å². The van der Waals surface area contributed by atoms with E-state index in [2.05, 4.69) is 21.9 Å². The molecule has 4 nitrogen and oxygen atoms in total. The van der Waals surface area contributed by atoms with Gasteiger partial charge < -0.3 is 5.11 Å². The molecule has 2 aromatic heterocycles. The van der Waals surface area contributed by atoms with Gasteiger partial charge in [-0.2, -0.15) is 0 Å². The van der Waals surface area contributed by atoms with Crippen molar-refractivity contribution in [2.75, 3.05) is 5.75 Å². The van der Waals surface area contributed by atoms with Crippen molar-refractivity contribution in [3.05, 3.63) is 36.4 Å². The van der Waals surface area contributed by atoms with E-state index in [1.807, 2.05) is 12.1 Å². The predicted molar refractivity (Wildman–Crippen MR) is 67.6 cm³/mol. The number of aliphatic hydroxyl groups excluding tert-OH is 1. The van der Waals surface area contributed by atoms with Crippen molar-refractivity contribution in [3.8, 4) is 11.4 Å². The Morgan fingerprint density at radius 1 is 1.29 bits per heavy atom. The molecule has 88 valence electrons. The van der Waals surface area contributed by atoms with Gasteiger partial charge in [-0.15, -0.1) is 11.8 Å². The van der Waals surface area contributed by atoms with Crippen molar-refractivity contribution in [1.82, 2.24) is 15.0 Å². The van der Waals surface area contributed by atoms with Crippen LogP contribution in [0.3, 0.4) is 0 Å². The molecule has 0 spiro atoms. The maximum Gasteiger partial charge on any atom is 0.116 e. The minimum atomic E-state index is -0.0847. The Labute approximate surface area is 104 Å². The van der Waals surface area contributed by atoms with E-state index in [1.165, 1.54) is 6.33 Å². The van der Waals surface area contributed by atoms with Crippen LogP contribution in [0.25, 0.3) is 11.4 Å². The van der Waals surface area contributed by atoms with E-state index in [9.17, 15) is 0 Å². The zero-order valence-electron chi connectivity index (χ0n) is 9.50. The van der Waals surface area contributed by atoms with Crippen LogP contribution in [0.1, 0.15) is 12.6 Å². The molecule has 0 aliphatic heterocycles. The van der Waals surface area contributed by atoms with Crippen LogP contribution in [0.4, 0.5) is 0 Å². The molecular formula is C12H13N3OS. The number of rotatable bonds is 4. The number of hydrogen-bond donors (Lipinski definition) is 1. The molecule has 0 bridgehead atoms. The third kappa shape index (κ3) is 2.81. The molecular weight excluding hydrogens is 234 g/mol. The first-order valence-corrected chi connectivity index (χ1v) is 6.33. The van der Waals surface area contributed by atoms with Crippen LogP contribution in [-0.2, 0) is 6.61 Å². The lowest BCUT2D eigenvalue weighted by Gasteiger charge is -2.06. The second-order valence-electron chi connectivity index (χ2n) is 3.34. The first kappa shape index (κ1) is 12.0. The van der Waals surface area contributed by atoms with E-state index in [0.717, 1.165) is 22.0 Å². The molecule has 2 aromatic rings. The lowest BCUT2D eigenvalue weighted by molar-refractivity contribution is 0.276. The van der Waals surface area contributed by atoms with E-state index in [1.54, 1.807) is 24.0 Å². The molecule has 1 N–H and O–H groups in total. The summed E-state index contributed by atoms with van der Waals surface area (Å²) >= 11 is 1.72. The Balaban J connectivity index is 2.44. The van der Waals surface area contributed by atoms with Gasteiger partial charge in [0.15, 0.2) is 0 Å². The zero-order chi connectivity index (χ0) is 12.1. The molecule has 5 heteroatoms. The van der Waals surface area contributed by atoms with Crippen molar-refractivity contribution in [1.29, 1.82) is 0 Å². The van der Waals surface area contributed by atoms with Crippen molar-refractivity contribution in [2.45, 2.75) is 18.4 Å². The van der Waals surface area contributed by atoms with Crippen molar-refractivity contribution < 1.29 is 5.11 Å². The SMILES string of the molecule is CCSc1cccnc1-c1cc(CO)ncn1. The first-order valence-electron chi connectivity index (χ1n) is 5.35. The summed E-state index contributed by atoms with van der Waals surface area (Å²) in [5.74, 6) is 0.983. The molecule has 2 rings (SSSR count). The number of thioether (sulfide) groups is 1. The molecule has 0 aromatic carbocycles. The maximum atomic E-state index is 9.07. The number of aromatic nitrogens is 3. The van der Waals surface area contributed by atoms with E-state index < -0.39 is 0 Å². The highest BCUT2D eigenvalue weighted by molar-refractivity contribution is 7.99. The quantitative estimate of drug-likeness (QED) is 0.839. The van der Waals surface area contributed by atoms with Crippen LogP contribution < -0.4 is 0 Å². The minimum absolute atomic E-state index is 0.0847. The highest BCUT2D eigenvalue weighted by atomic mass is 32.2. The van der Waals surface area contributed by atoms with Crippen molar-refractivity contribution in [3.63, 3.8) is 0 Å². The fourth-order valence-corrected chi connectivity index (χ4v) is 2.25. The van der Waals surface area contributed by atoms with Crippen LogP contribution in [0.5, 0.6) is 0 Å². The molecule has 0 fully saturated rings. The highest BCUT2D eigenvalue weighted by Gasteiger charge is 2.08. The largest absolute Gasteiger partial charge is 0.390 e. The molecule has 0 aliphatic carbocycles. The standard InChI is InChI=1S/C12H13N3OS/c1-2-17-11-4-3-5-13-12(11)10-6-9(7-16)14-8-15-10/h3-6,8,16H,2,7H2,1H3. The third-order valence-electron chi connectivity index (χ3n) is 2.20. The molecule has 0 radical (unpaired) electrons. The fraction of sp³-hybridized carbons (Fsp3) is 0.250. The summed E-state index contributed by atoms with van der Waals surface area (Å²) in [7, 11) is 0. The Bertz CT molecular complexity index is 505. The molecule has 17 heavy (non-hydrogen) atoms. The van der Waals surface area contributed by atoms with Crippen LogP contribution in [0.2, 0.25) is 0 Å². The van der Waals surface area contributed by atoms with Gasteiger partial charge in [0.1, 0.15) is 12.0 Å². The third-order valence-corrected chi connectivity index (χ3v) is 3.13. The predicted octanol–water partition coefficient (Wildman–Crippen LogP) is 2.14. The minimum Gasteiger partial charge on any atom is -0.390 e. The second kappa shape index (κ2) is 5.75. The Morgan fingerprint density at radius 2 is 2.18 bits per heavy atom.